The molecule has 6 nitrogen and oxygen atoms in total. The molecule has 0 aromatic heterocycles. The third kappa shape index (κ3) is 3.40. The lowest BCUT2D eigenvalue weighted by atomic mass is 10.1. The maximum absolute atomic E-state index is 13.2. The molecule has 2 aromatic rings. The normalized spacial score (nSPS) is 14.8. The first-order chi connectivity index (χ1) is 14.5. The van der Waals surface area contributed by atoms with Crippen LogP contribution in [0.5, 0.6) is 0 Å². The Morgan fingerprint density at radius 1 is 0.633 bits per heavy atom. The Balaban J connectivity index is 2.64. The quantitative estimate of drug-likeness (QED) is 0.416. The molecule has 0 saturated carbocycles. The van der Waals surface area contributed by atoms with Gasteiger partial charge < -0.3 is 14.2 Å². The number of esters is 3. The van der Waals surface area contributed by atoms with E-state index in [-0.39, 0.29) is 16.2 Å². The van der Waals surface area contributed by atoms with Crippen LogP contribution in [0, 0.1) is 0 Å². The molecule has 0 amide bonds. The molecular formula is C23H21O6P. The minimum absolute atomic E-state index is 0.0537. The molecule has 1 aliphatic heterocycles. The SMILES string of the molecule is COC(=O)C1=CC=C(C(=O)OC)P(c2ccccc2)(c2ccccc2)=C1C(=O)OC. The van der Waals surface area contributed by atoms with E-state index in [1.807, 2.05) is 60.7 Å². The Morgan fingerprint density at radius 3 is 1.53 bits per heavy atom. The standard InChI is InChI=1S/C23H21O6P/c1-27-21(24)18-14-15-19(22(25)28-2)30(20(18)23(26)29-3,16-10-6-4-7-11-16)17-12-8-5-9-13-17/h4-15H,1-3H3. The van der Waals surface area contributed by atoms with Crippen molar-refractivity contribution < 1.29 is 28.6 Å². The van der Waals surface area contributed by atoms with Crippen molar-refractivity contribution in [3.8, 4) is 0 Å². The Morgan fingerprint density at radius 2 is 1.10 bits per heavy atom. The number of hydrogen-bond donors (Lipinski definition) is 0. The topological polar surface area (TPSA) is 78.9 Å². The third-order valence-corrected chi connectivity index (χ3v) is 9.12. The minimum atomic E-state index is -3.12. The van der Waals surface area contributed by atoms with Crippen LogP contribution in [0.1, 0.15) is 0 Å². The largest absolute Gasteiger partial charge is 0.465 e. The summed E-state index contributed by atoms with van der Waals surface area (Å²) in [6, 6.07) is 18.3. The molecule has 0 unspecified atom stereocenters. The number of hydrogen-bond acceptors (Lipinski definition) is 6. The van der Waals surface area contributed by atoms with E-state index in [1.165, 1.54) is 33.5 Å². The van der Waals surface area contributed by atoms with Crippen LogP contribution in [0.4, 0.5) is 0 Å². The van der Waals surface area contributed by atoms with Gasteiger partial charge in [-0.1, -0.05) is 60.7 Å². The summed E-state index contributed by atoms with van der Waals surface area (Å²) in [6.07, 6.45) is 2.95. The number of allylic oxidation sites excluding steroid dienone is 2. The van der Waals surface area contributed by atoms with Gasteiger partial charge >= 0.3 is 17.9 Å². The van der Waals surface area contributed by atoms with E-state index in [4.69, 9.17) is 14.2 Å². The number of carbonyl (C=O) groups excluding carboxylic acids is 3. The maximum atomic E-state index is 13.2. The predicted molar refractivity (Wildman–Crippen MR) is 116 cm³/mol. The molecule has 0 spiro atoms. The van der Waals surface area contributed by atoms with E-state index in [1.54, 1.807) is 0 Å². The fourth-order valence-electron chi connectivity index (χ4n) is 3.57. The summed E-state index contributed by atoms with van der Waals surface area (Å²) in [7, 11) is 3.76. The summed E-state index contributed by atoms with van der Waals surface area (Å²) in [5.74, 6) is -1.98. The lowest BCUT2D eigenvalue weighted by Gasteiger charge is -2.34. The van der Waals surface area contributed by atoms with Crippen molar-refractivity contribution in [3.05, 3.63) is 83.7 Å². The average Bonchev–Trinajstić information content (AvgIpc) is 2.82. The van der Waals surface area contributed by atoms with Gasteiger partial charge in [-0.05, 0) is 22.8 Å². The minimum Gasteiger partial charge on any atom is -0.465 e. The van der Waals surface area contributed by atoms with Gasteiger partial charge in [-0.15, -0.1) is 0 Å². The highest BCUT2D eigenvalue weighted by atomic mass is 31.2. The second-order valence-electron chi connectivity index (χ2n) is 6.30. The smallest absolute Gasteiger partial charge is 0.339 e. The fourth-order valence-corrected chi connectivity index (χ4v) is 7.98. The van der Waals surface area contributed by atoms with Gasteiger partial charge in [-0.2, -0.15) is 0 Å². The molecule has 7 heteroatoms. The molecular weight excluding hydrogens is 403 g/mol. The zero-order chi connectivity index (χ0) is 21.7. The Bertz CT molecular complexity index is 1050. The van der Waals surface area contributed by atoms with Crippen molar-refractivity contribution in [2.75, 3.05) is 21.3 Å². The van der Waals surface area contributed by atoms with Crippen molar-refractivity contribution in [1.82, 2.24) is 0 Å². The summed E-state index contributed by atoms with van der Waals surface area (Å²) in [5.41, 5.74) is 0.0537. The highest BCUT2D eigenvalue weighted by molar-refractivity contribution is 7.95. The third-order valence-electron chi connectivity index (χ3n) is 4.83. The summed E-state index contributed by atoms with van der Waals surface area (Å²) in [5, 5.41) is 1.80. The number of rotatable bonds is 5. The molecule has 3 rings (SSSR count). The Kier molecular flexibility index (Phi) is 6.38. The van der Waals surface area contributed by atoms with Crippen LogP contribution in [0.2, 0.25) is 0 Å². The van der Waals surface area contributed by atoms with Crippen molar-refractivity contribution in [2.45, 2.75) is 0 Å². The lowest BCUT2D eigenvalue weighted by molar-refractivity contribution is -0.137. The highest BCUT2D eigenvalue weighted by Crippen LogP contribution is 2.58. The van der Waals surface area contributed by atoms with Crippen LogP contribution in [0.3, 0.4) is 0 Å². The zero-order valence-electron chi connectivity index (χ0n) is 16.8. The number of methoxy groups -OCH3 is 3. The van der Waals surface area contributed by atoms with Gasteiger partial charge in [0.2, 0.25) is 0 Å². The first-order valence-electron chi connectivity index (χ1n) is 9.08. The van der Waals surface area contributed by atoms with Gasteiger partial charge in [0.25, 0.3) is 0 Å². The van der Waals surface area contributed by atoms with E-state index in [2.05, 4.69) is 0 Å². The van der Waals surface area contributed by atoms with Crippen LogP contribution in [0.25, 0.3) is 0 Å². The molecule has 0 saturated heterocycles. The van der Waals surface area contributed by atoms with E-state index in [0.717, 1.165) is 0 Å². The average molecular weight is 424 g/mol. The molecule has 0 N–H and O–H groups in total. The molecule has 0 fully saturated rings. The molecule has 0 aliphatic carbocycles. The van der Waals surface area contributed by atoms with Gasteiger partial charge in [0.05, 0.1) is 37.5 Å². The molecule has 1 aliphatic rings. The van der Waals surface area contributed by atoms with Crippen molar-refractivity contribution >= 4 is 40.7 Å². The van der Waals surface area contributed by atoms with Crippen LogP contribution >= 0.6 is 6.89 Å². The highest BCUT2D eigenvalue weighted by Gasteiger charge is 2.43. The summed E-state index contributed by atoms with van der Waals surface area (Å²) in [6.45, 7) is -3.12. The number of benzene rings is 2. The van der Waals surface area contributed by atoms with Gasteiger partial charge in [-0.25, -0.2) is 14.4 Å². The summed E-state index contributed by atoms with van der Waals surface area (Å²) < 4.78 is 15.1. The Labute approximate surface area is 174 Å². The second-order valence-corrected chi connectivity index (χ2v) is 9.60. The van der Waals surface area contributed by atoms with Gasteiger partial charge in [0, 0.05) is 6.89 Å². The summed E-state index contributed by atoms with van der Waals surface area (Å²) >= 11 is 0. The van der Waals surface area contributed by atoms with E-state index in [0.29, 0.717) is 10.6 Å². The van der Waals surface area contributed by atoms with E-state index in [9.17, 15) is 14.4 Å². The van der Waals surface area contributed by atoms with Crippen molar-refractivity contribution in [3.63, 3.8) is 0 Å². The zero-order valence-corrected chi connectivity index (χ0v) is 17.7. The van der Waals surface area contributed by atoms with Crippen molar-refractivity contribution in [1.29, 1.82) is 0 Å². The fraction of sp³-hybridized carbons (Fsp3) is 0.130. The number of ether oxygens (including phenoxy) is 3. The van der Waals surface area contributed by atoms with Gasteiger partial charge in [0.1, 0.15) is 0 Å². The second kappa shape index (κ2) is 8.97. The van der Waals surface area contributed by atoms with Gasteiger partial charge in [0.15, 0.2) is 0 Å². The maximum Gasteiger partial charge on any atom is 0.339 e. The van der Waals surface area contributed by atoms with Crippen LogP contribution in [-0.2, 0) is 28.6 Å². The van der Waals surface area contributed by atoms with E-state index >= 15 is 0 Å². The lowest BCUT2D eigenvalue weighted by Crippen LogP contribution is -2.35. The molecule has 0 radical (unpaired) electrons. The molecule has 0 bridgehead atoms. The Hall–Kier alpha value is -3.37. The van der Waals surface area contributed by atoms with Crippen LogP contribution < -0.4 is 10.6 Å². The first kappa shape index (κ1) is 21.3. The number of carbonyl (C=O) groups is 3. The molecule has 30 heavy (non-hydrogen) atoms. The monoisotopic (exact) mass is 424 g/mol. The molecule has 2 aromatic carbocycles. The van der Waals surface area contributed by atoms with Crippen molar-refractivity contribution in [2.24, 2.45) is 0 Å². The van der Waals surface area contributed by atoms with Gasteiger partial charge in [-0.3, -0.25) is 0 Å². The predicted octanol–water partition coefficient (Wildman–Crippen LogP) is 2.17. The first-order valence-corrected chi connectivity index (χ1v) is 10.9. The van der Waals surface area contributed by atoms with Crippen LogP contribution in [-0.4, -0.2) is 44.5 Å². The molecule has 0 atom stereocenters. The van der Waals surface area contributed by atoms with E-state index < -0.39 is 24.8 Å². The summed E-state index contributed by atoms with van der Waals surface area (Å²) in [4.78, 5) is 38.8. The van der Waals surface area contributed by atoms with Crippen LogP contribution in [0.15, 0.2) is 83.7 Å². The molecule has 1 heterocycles. The molecule has 154 valence electrons.